The van der Waals surface area contributed by atoms with Gasteiger partial charge >= 0.3 is 6.09 Å². The largest absolute Gasteiger partial charge is 0.447 e. The first-order valence-electron chi connectivity index (χ1n) is 7.56. The standard InChI is InChI=1S/C17H22BrNO2/c1-2-3-5-10-15(18)12-19-16(13-21-17(19)20)11-14-8-6-4-7-9-14/h4,6-9,12,16H,2-3,5,10-11,13H2,1H3/b15-12-/t16-/m1/s1. The Hall–Kier alpha value is -1.29. The number of benzene rings is 1. The Kier molecular flexibility index (Phi) is 6.30. The van der Waals surface area contributed by atoms with Crippen molar-refractivity contribution in [3.8, 4) is 0 Å². The van der Waals surface area contributed by atoms with E-state index in [0.717, 1.165) is 23.7 Å². The minimum atomic E-state index is -0.247. The van der Waals surface area contributed by atoms with Gasteiger partial charge in [0.25, 0.3) is 0 Å². The summed E-state index contributed by atoms with van der Waals surface area (Å²) in [6, 6.07) is 10.3. The zero-order valence-electron chi connectivity index (χ0n) is 12.4. The van der Waals surface area contributed by atoms with Crippen LogP contribution in [0.4, 0.5) is 4.79 Å². The lowest BCUT2D eigenvalue weighted by molar-refractivity contribution is 0.166. The quantitative estimate of drug-likeness (QED) is 0.656. The third kappa shape index (κ3) is 4.88. The van der Waals surface area contributed by atoms with Crippen LogP contribution in [0.1, 0.15) is 38.2 Å². The maximum atomic E-state index is 11.9. The number of carbonyl (C=O) groups is 1. The summed E-state index contributed by atoms with van der Waals surface area (Å²) in [5.41, 5.74) is 1.22. The molecule has 3 nitrogen and oxygen atoms in total. The highest BCUT2D eigenvalue weighted by Crippen LogP contribution is 2.22. The van der Waals surface area contributed by atoms with E-state index in [9.17, 15) is 4.79 Å². The van der Waals surface area contributed by atoms with Crippen molar-refractivity contribution < 1.29 is 9.53 Å². The molecule has 1 amide bonds. The third-order valence-electron chi connectivity index (χ3n) is 3.62. The molecule has 4 heteroatoms. The number of carbonyl (C=O) groups excluding carboxylic acids is 1. The number of cyclic esters (lactones) is 1. The molecule has 114 valence electrons. The fourth-order valence-corrected chi connectivity index (χ4v) is 2.93. The molecule has 1 aromatic carbocycles. The SMILES string of the molecule is CCCCC/C(Br)=C/N1C(=O)OC[C@H]1Cc1ccccc1. The number of rotatable bonds is 7. The minimum Gasteiger partial charge on any atom is -0.447 e. The number of hydrogen-bond donors (Lipinski definition) is 0. The number of nitrogens with zero attached hydrogens (tertiary/aromatic N) is 1. The lowest BCUT2D eigenvalue weighted by Crippen LogP contribution is -2.30. The lowest BCUT2D eigenvalue weighted by Gasteiger charge is -2.18. The van der Waals surface area contributed by atoms with E-state index < -0.39 is 0 Å². The molecule has 2 rings (SSSR count). The van der Waals surface area contributed by atoms with Crippen LogP contribution in [-0.4, -0.2) is 23.6 Å². The Morgan fingerprint density at radius 1 is 1.38 bits per heavy atom. The molecule has 0 bridgehead atoms. The Labute approximate surface area is 135 Å². The van der Waals surface area contributed by atoms with Crippen LogP contribution < -0.4 is 0 Å². The van der Waals surface area contributed by atoms with Crippen LogP contribution in [-0.2, 0) is 11.2 Å². The molecule has 0 radical (unpaired) electrons. The van der Waals surface area contributed by atoms with Crippen molar-refractivity contribution in [2.24, 2.45) is 0 Å². The van der Waals surface area contributed by atoms with E-state index in [1.165, 1.54) is 18.4 Å². The number of unbranched alkanes of at least 4 members (excludes halogenated alkanes) is 2. The van der Waals surface area contributed by atoms with Gasteiger partial charge in [0.2, 0.25) is 0 Å². The maximum absolute atomic E-state index is 11.9. The van der Waals surface area contributed by atoms with Crippen LogP contribution in [0, 0.1) is 0 Å². The van der Waals surface area contributed by atoms with Crippen LogP contribution >= 0.6 is 15.9 Å². The lowest BCUT2D eigenvalue weighted by atomic mass is 10.1. The number of hydrogen-bond acceptors (Lipinski definition) is 2. The van der Waals surface area contributed by atoms with Crippen molar-refractivity contribution in [3.63, 3.8) is 0 Å². The summed E-state index contributed by atoms with van der Waals surface area (Å²) in [7, 11) is 0. The zero-order valence-corrected chi connectivity index (χ0v) is 14.0. The minimum absolute atomic E-state index is 0.0821. The fraction of sp³-hybridized carbons (Fsp3) is 0.471. The average molecular weight is 352 g/mol. The fourth-order valence-electron chi connectivity index (χ4n) is 2.43. The van der Waals surface area contributed by atoms with E-state index in [1.54, 1.807) is 4.90 Å². The van der Waals surface area contributed by atoms with E-state index in [-0.39, 0.29) is 12.1 Å². The van der Waals surface area contributed by atoms with Crippen molar-refractivity contribution in [2.45, 2.75) is 45.1 Å². The van der Waals surface area contributed by atoms with Crippen LogP contribution in [0.3, 0.4) is 0 Å². The molecule has 0 aromatic heterocycles. The van der Waals surface area contributed by atoms with E-state index in [4.69, 9.17) is 4.74 Å². The highest BCUT2D eigenvalue weighted by molar-refractivity contribution is 9.11. The van der Waals surface area contributed by atoms with Crippen molar-refractivity contribution in [1.82, 2.24) is 4.90 Å². The molecule has 21 heavy (non-hydrogen) atoms. The number of halogens is 1. The first-order valence-corrected chi connectivity index (χ1v) is 8.35. The van der Waals surface area contributed by atoms with E-state index in [1.807, 2.05) is 24.4 Å². The van der Waals surface area contributed by atoms with Crippen LogP contribution in [0.2, 0.25) is 0 Å². The summed E-state index contributed by atoms with van der Waals surface area (Å²) >= 11 is 3.57. The van der Waals surface area contributed by atoms with Gasteiger partial charge in [-0.1, -0.05) is 66.0 Å². The summed E-state index contributed by atoms with van der Waals surface area (Å²) in [6.07, 6.45) is 6.99. The predicted octanol–water partition coefficient (Wildman–Crippen LogP) is 4.87. The van der Waals surface area contributed by atoms with Gasteiger partial charge in [-0.15, -0.1) is 0 Å². The van der Waals surface area contributed by atoms with Crippen molar-refractivity contribution in [3.05, 3.63) is 46.6 Å². The molecule has 1 fully saturated rings. The summed E-state index contributed by atoms with van der Waals surface area (Å²) in [5, 5.41) is 0. The summed E-state index contributed by atoms with van der Waals surface area (Å²) in [4.78, 5) is 13.6. The second-order valence-electron chi connectivity index (χ2n) is 5.36. The summed E-state index contributed by atoms with van der Waals surface area (Å²) < 4.78 is 6.26. The molecule has 0 unspecified atom stereocenters. The topological polar surface area (TPSA) is 29.5 Å². The Bertz CT molecular complexity index is 487. The van der Waals surface area contributed by atoms with Gasteiger partial charge in [-0.05, 0) is 24.8 Å². The smallest absolute Gasteiger partial charge is 0.414 e. The van der Waals surface area contributed by atoms with Gasteiger partial charge in [0.15, 0.2) is 0 Å². The molecule has 0 N–H and O–H groups in total. The molecule has 1 aliphatic heterocycles. The Balaban J connectivity index is 1.98. The molecule has 0 spiro atoms. The number of amides is 1. The monoisotopic (exact) mass is 351 g/mol. The van der Waals surface area contributed by atoms with Gasteiger partial charge in [-0.2, -0.15) is 0 Å². The van der Waals surface area contributed by atoms with E-state index >= 15 is 0 Å². The highest BCUT2D eigenvalue weighted by atomic mass is 79.9. The molecule has 0 saturated carbocycles. The van der Waals surface area contributed by atoms with E-state index in [0.29, 0.717) is 6.61 Å². The predicted molar refractivity (Wildman–Crippen MR) is 88.3 cm³/mol. The van der Waals surface area contributed by atoms with Crippen molar-refractivity contribution in [1.29, 1.82) is 0 Å². The molecule has 1 atom stereocenters. The Morgan fingerprint density at radius 2 is 2.14 bits per heavy atom. The van der Waals surface area contributed by atoms with Gasteiger partial charge in [0.1, 0.15) is 6.61 Å². The number of ether oxygens (including phenoxy) is 1. The highest BCUT2D eigenvalue weighted by Gasteiger charge is 2.31. The van der Waals surface area contributed by atoms with Gasteiger partial charge in [0, 0.05) is 10.7 Å². The molecule has 1 aromatic rings. The molecule has 1 heterocycles. The normalized spacial score (nSPS) is 19.0. The van der Waals surface area contributed by atoms with E-state index in [2.05, 4.69) is 35.0 Å². The molecule has 1 saturated heterocycles. The van der Waals surface area contributed by atoms with Crippen molar-refractivity contribution >= 4 is 22.0 Å². The first-order chi connectivity index (χ1) is 10.2. The van der Waals surface area contributed by atoms with Crippen LogP contribution in [0.25, 0.3) is 0 Å². The molecule has 1 aliphatic rings. The van der Waals surface area contributed by atoms with Crippen LogP contribution in [0.5, 0.6) is 0 Å². The van der Waals surface area contributed by atoms with Gasteiger partial charge < -0.3 is 4.74 Å². The summed E-state index contributed by atoms with van der Waals surface area (Å²) in [5.74, 6) is 0. The van der Waals surface area contributed by atoms with Gasteiger partial charge in [-0.3, -0.25) is 4.90 Å². The maximum Gasteiger partial charge on any atom is 0.414 e. The third-order valence-corrected chi connectivity index (χ3v) is 4.22. The molecular weight excluding hydrogens is 330 g/mol. The Morgan fingerprint density at radius 3 is 2.86 bits per heavy atom. The van der Waals surface area contributed by atoms with Crippen LogP contribution in [0.15, 0.2) is 41.0 Å². The van der Waals surface area contributed by atoms with Crippen molar-refractivity contribution in [2.75, 3.05) is 6.61 Å². The van der Waals surface area contributed by atoms with Gasteiger partial charge in [0.05, 0.1) is 6.04 Å². The second kappa shape index (κ2) is 8.23. The van der Waals surface area contributed by atoms with Gasteiger partial charge in [-0.25, -0.2) is 4.79 Å². The summed E-state index contributed by atoms with van der Waals surface area (Å²) in [6.45, 7) is 2.64. The second-order valence-corrected chi connectivity index (χ2v) is 6.38. The zero-order chi connectivity index (χ0) is 15.1. The average Bonchev–Trinajstić information content (AvgIpc) is 2.82. The first kappa shape index (κ1) is 16.1. The molecule has 0 aliphatic carbocycles. The molecular formula is C17H22BrNO2. The number of allylic oxidation sites excluding steroid dienone is 1.